The molecule has 0 spiro atoms. The molecule has 0 unspecified atom stereocenters. The van der Waals surface area contributed by atoms with Gasteiger partial charge < -0.3 is 10.6 Å². The molecule has 18 heavy (non-hydrogen) atoms. The van der Waals surface area contributed by atoms with Gasteiger partial charge in [-0.25, -0.2) is 4.98 Å². The minimum Gasteiger partial charge on any atom is -0.349 e. The van der Waals surface area contributed by atoms with Gasteiger partial charge in [-0.15, -0.1) is 36.2 Å². The average Bonchev–Trinajstić information content (AvgIpc) is 2.84. The van der Waals surface area contributed by atoms with E-state index in [9.17, 15) is 4.79 Å². The van der Waals surface area contributed by atoms with E-state index in [1.165, 1.54) is 11.3 Å². The number of aromatic nitrogens is 1. The molecule has 1 aromatic rings. The summed E-state index contributed by atoms with van der Waals surface area (Å²) >= 11 is 1.44. The second kappa shape index (κ2) is 9.52. The van der Waals surface area contributed by atoms with Crippen LogP contribution in [0.5, 0.6) is 0 Å². The summed E-state index contributed by atoms with van der Waals surface area (Å²) in [5.74, 6) is -0.0728. The van der Waals surface area contributed by atoms with Gasteiger partial charge in [0.25, 0.3) is 5.91 Å². The highest BCUT2D eigenvalue weighted by atomic mass is 35.5. The fraction of sp³-hybridized carbons (Fsp3) is 0.600. The van der Waals surface area contributed by atoms with Gasteiger partial charge in [0.05, 0.1) is 5.51 Å². The lowest BCUT2D eigenvalue weighted by atomic mass is 10.3. The number of rotatable bonds is 4. The second-order valence-corrected chi connectivity index (χ2v) is 4.44. The molecule has 0 aromatic carbocycles. The molecule has 1 saturated heterocycles. The first-order valence-electron chi connectivity index (χ1n) is 5.46. The molecule has 8 heteroatoms. The zero-order chi connectivity index (χ0) is 11.2. The summed E-state index contributed by atoms with van der Waals surface area (Å²) in [7, 11) is 0. The van der Waals surface area contributed by atoms with Crippen molar-refractivity contribution in [3.63, 3.8) is 0 Å². The summed E-state index contributed by atoms with van der Waals surface area (Å²) in [5, 5.41) is 7.94. The van der Waals surface area contributed by atoms with Gasteiger partial charge in [0, 0.05) is 44.6 Å². The van der Waals surface area contributed by atoms with Crippen LogP contribution in [0, 0.1) is 0 Å². The number of amides is 1. The summed E-state index contributed by atoms with van der Waals surface area (Å²) in [6.45, 7) is 5.81. The molecule has 1 aliphatic heterocycles. The van der Waals surface area contributed by atoms with Gasteiger partial charge in [0.15, 0.2) is 0 Å². The van der Waals surface area contributed by atoms with Crippen molar-refractivity contribution in [2.45, 2.75) is 0 Å². The molecule has 0 bridgehead atoms. The highest BCUT2D eigenvalue weighted by Crippen LogP contribution is 2.00. The topological polar surface area (TPSA) is 57.3 Å². The number of halogens is 2. The molecule has 2 heterocycles. The van der Waals surface area contributed by atoms with Crippen molar-refractivity contribution < 1.29 is 4.79 Å². The summed E-state index contributed by atoms with van der Waals surface area (Å²) in [6.07, 6.45) is 0. The molecular weight excluding hydrogens is 295 g/mol. The summed E-state index contributed by atoms with van der Waals surface area (Å²) in [4.78, 5) is 17.9. The Morgan fingerprint density at radius 3 is 2.78 bits per heavy atom. The third-order valence-electron chi connectivity index (χ3n) is 2.59. The van der Waals surface area contributed by atoms with Crippen molar-refractivity contribution in [3.05, 3.63) is 16.6 Å². The quantitative estimate of drug-likeness (QED) is 0.856. The van der Waals surface area contributed by atoms with Crippen LogP contribution in [0.2, 0.25) is 0 Å². The maximum Gasteiger partial charge on any atom is 0.270 e. The Morgan fingerprint density at radius 1 is 1.44 bits per heavy atom. The second-order valence-electron chi connectivity index (χ2n) is 3.72. The number of thiazole rings is 1. The highest BCUT2D eigenvalue weighted by molar-refractivity contribution is 7.07. The molecule has 104 valence electrons. The summed E-state index contributed by atoms with van der Waals surface area (Å²) < 4.78 is 0. The fourth-order valence-corrected chi connectivity index (χ4v) is 2.21. The van der Waals surface area contributed by atoms with Crippen LogP contribution in [-0.2, 0) is 0 Å². The Kier molecular flexibility index (Phi) is 9.31. The van der Waals surface area contributed by atoms with Crippen LogP contribution in [0.25, 0.3) is 0 Å². The fourth-order valence-electron chi connectivity index (χ4n) is 1.68. The summed E-state index contributed by atoms with van der Waals surface area (Å²) in [5.41, 5.74) is 2.19. The van der Waals surface area contributed by atoms with Crippen molar-refractivity contribution in [2.24, 2.45) is 0 Å². The maximum absolute atomic E-state index is 11.5. The van der Waals surface area contributed by atoms with Crippen LogP contribution in [-0.4, -0.2) is 55.1 Å². The Bertz CT molecular complexity index is 331. The number of nitrogens with zero attached hydrogens (tertiary/aromatic N) is 2. The minimum atomic E-state index is -0.0728. The van der Waals surface area contributed by atoms with Gasteiger partial charge in [-0.1, -0.05) is 0 Å². The Morgan fingerprint density at radius 2 is 2.17 bits per heavy atom. The number of nitrogens with one attached hydrogen (secondary N) is 2. The zero-order valence-electron chi connectivity index (χ0n) is 9.92. The average molecular weight is 313 g/mol. The number of carbonyl (C=O) groups excluding carboxylic acids is 1. The largest absolute Gasteiger partial charge is 0.349 e. The molecule has 2 rings (SSSR count). The van der Waals surface area contributed by atoms with Gasteiger partial charge in [-0.3, -0.25) is 9.69 Å². The summed E-state index contributed by atoms with van der Waals surface area (Å²) in [6, 6.07) is 0. The van der Waals surface area contributed by atoms with Crippen molar-refractivity contribution >= 4 is 42.1 Å². The third-order valence-corrected chi connectivity index (χ3v) is 3.17. The van der Waals surface area contributed by atoms with Gasteiger partial charge in [0.1, 0.15) is 5.69 Å². The lowest BCUT2D eigenvalue weighted by molar-refractivity contribution is 0.0943. The molecule has 1 aromatic heterocycles. The molecule has 2 N–H and O–H groups in total. The number of carbonyl (C=O) groups is 1. The molecule has 0 aliphatic carbocycles. The van der Waals surface area contributed by atoms with Crippen molar-refractivity contribution in [1.29, 1.82) is 0 Å². The molecule has 0 atom stereocenters. The van der Waals surface area contributed by atoms with Crippen molar-refractivity contribution in [2.75, 3.05) is 39.3 Å². The highest BCUT2D eigenvalue weighted by Gasteiger charge is 2.10. The third kappa shape index (κ3) is 5.49. The molecular formula is C10H18Cl2N4OS. The van der Waals surface area contributed by atoms with E-state index < -0.39 is 0 Å². The van der Waals surface area contributed by atoms with Crippen LogP contribution in [0.1, 0.15) is 10.5 Å². The minimum absolute atomic E-state index is 0. The van der Waals surface area contributed by atoms with Gasteiger partial charge in [0.2, 0.25) is 0 Å². The normalized spacial score (nSPS) is 15.3. The Labute approximate surface area is 123 Å². The van der Waals surface area contributed by atoms with Crippen molar-refractivity contribution in [3.8, 4) is 0 Å². The van der Waals surface area contributed by atoms with Crippen LogP contribution in [0.15, 0.2) is 10.9 Å². The van der Waals surface area contributed by atoms with Crippen LogP contribution in [0.4, 0.5) is 0 Å². The van der Waals surface area contributed by atoms with Crippen LogP contribution in [0.3, 0.4) is 0 Å². The lowest BCUT2D eigenvalue weighted by Gasteiger charge is -2.26. The van der Waals surface area contributed by atoms with Gasteiger partial charge in [-0.05, 0) is 0 Å². The standard InChI is InChI=1S/C10H16N4OS.2ClH/c15-10(9-7-16-8-13-9)12-3-6-14-4-1-11-2-5-14;;/h7-8,11H,1-6H2,(H,12,15);2*1H. The molecule has 5 nitrogen and oxygen atoms in total. The van der Waals surface area contributed by atoms with Gasteiger partial charge in [-0.2, -0.15) is 0 Å². The van der Waals surface area contributed by atoms with Crippen LogP contribution >= 0.6 is 36.2 Å². The predicted molar refractivity (Wildman–Crippen MR) is 78.3 cm³/mol. The van der Waals surface area contributed by atoms with E-state index in [-0.39, 0.29) is 30.7 Å². The van der Waals surface area contributed by atoms with E-state index in [0.717, 1.165) is 32.7 Å². The predicted octanol–water partition coefficient (Wildman–Crippen LogP) is 0.622. The van der Waals surface area contributed by atoms with E-state index in [0.29, 0.717) is 12.2 Å². The Hall–Kier alpha value is -0.400. The Balaban J connectivity index is 0.00000144. The van der Waals surface area contributed by atoms with E-state index in [1.54, 1.807) is 10.9 Å². The SMILES string of the molecule is Cl.Cl.O=C(NCCN1CCNCC1)c1cscn1. The first-order valence-corrected chi connectivity index (χ1v) is 6.40. The van der Waals surface area contributed by atoms with E-state index >= 15 is 0 Å². The lowest BCUT2D eigenvalue weighted by Crippen LogP contribution is -2.46. The monoisotopic (exact) mass is 312 g/mol. The smallest absolute Gasteiger partial charge is 0.270 e. The first-order chi connectivity index (χ1) is 7.86. The van der Waals surface area contributed by atoms with E-state index in [2.05, 4.69) is 20.5 Å². The van der Waals surface area contributed by atoms with E-state index in [4.69, 9.17) is 0 Å². The van der Waals surface area contributed by atoms with Gasteiger partial charge >= 0.3 is 0 Å². The molecule has 1 aliphatic rings. The molecule has 1 fully saturated rings. The molecule has 0 radical (unpaired) electrons. The number of piperazine rings is 1. The zero-order valence-corrected chi connectivity index (χ0v) is 12.4. The first kappa shape index (κ1) is 17.6. The van der Waals surface area contributed by atoms with E-state index in [1.807, 2.05) is 0 Å². The number of hydrogen-bond donors (Lipinski definition) is 2. The molecule has 0 saturated carbocycles. The van der Waals surface area contributed by atoms with Crippen molar-refractivity contribution in [1.82, 2.24) is 20.5 Å². The molecule has 1 amide bonds. The number of hydrogen-bond acceptors (Lipinski definition) is 5. The maximum atomic E-state index is 11.5. The van der Waals surface area contributed by atoms with Crippen LogP contribution < -0.4 is 10.6 Å².